The van der Waals surface area contributed by atoms with E-state index in [0.29, 0.717) is 10.2 Å². The van der Waals surface area contributed by atoms with Crippen LogP contribution < -0.4 is 0 Å². The smallest absolute Gasteiger partial charge is 0.00155 e. The third-order valence-electron chi connectivity index (χ3n) is 1.39. The zero-order valence-electron chi connectivity index (χ0n) is 7.03. The van der Waals surface area contributed by atoms with Crippen LogP contribution in [0.5, 0.6) is 0 Å². The summed E-state index contributed by atoms with van der Waals surface area (Å²) >= 11 is 4.29. The monoisotopic (exact) mass is 212 g/mol. The Morgan fingerprint density at radius 1 is 1.55 bits per heavy atom. The Labute approximate surface area is 78.6 Å². The molecule has 68 valence electrons. The summed E-state index contributed by atoms with van der Waals surface area (Å²) in [5.41, 5.74) is 0. The van der Waals surface area contributed by atoms with Crippen LogP contribution in [0.2, 0.25) is 0 Å². The van der Waals surface area contributed by atoms with Gasteiger partial charge < -0.3 is 9.04 Å². The highest BCUT2D eigenvalue weighted by molar-refractivity contribution is 8.35. The molecule has 0 bridgehead atoms. The van der Waals surface area contributed by atoms with Gasteiger partial charge in [0.15, 0.2) is 0 Å². The number of thiol groups is 1. The quantitative estimate of drug-likeness (QED) is 0.413. The van der Waals surface area contributed by atoms with Crippen LogP contribution in [0.4, 0.5) is 0 Å². The van der Waals surface area contributed by atoms with Gasteiger partial charge in [-0.05, 0) is 13.1 Å². The van der Waals surface area contributed by atoms with Crippen LogP contribution in [-0.4, -0.2) is 32.8 Å². The average molecular weight is 212 g/mol. The van der Waals surface area contributed by atoms with Crippen LogP contribution >= 0.6 is 12.6 Å². The Hall–Kier alpha value is 0.550. The SMILES string of the molecule is CCN(CC)/C(S)=[S-](\C)=S=O. The molecule has 0 spiro atoms. The van der Waals surface area contributed by atoms with E-state index in [2.05, 4.69) is 31.4 Å². The zero-order valence-corrected chi connectivity index (χ0v) is 9.56. The van der Waals surface area contributed by atoms with Gasteiger partial charge in [-0.2, -0.15) is 12.6 Å². The van der Waals surface area contributed by atoms with Crippen LogP contribution in [0.15, 0.2) is 0 Å². The van der Waals surface area contributed by atoms with Crippen molar-refractivity contribution in [2.45, 2.75) is 13.8 Å². The van der Waals surface area contributed by atoms with Gasteiger partial charge in [0, 0.05) is 0 Å². The molecule has 0 aliphatic heterocycles. The molecule has 0 unspecified atom stereocenters. The Morgan fingerprint density at radius 2 is 2.00 bits per heavy atom. The number of rotatable bonds is 2. The fourth-order valence-electron chi connectivity index (χ4n) is 0.706. The van der Waals surface area contributed by atoms with Gasteiger partial charge >= 0.3 is 0 Å². The van der Waals surface area contributed by atoms with Crippen molar-refractivity contribution in [1.82, 2.24) is 4.90 Å². The Balaban J connectivity index is 4.71. The molecule has 0 aromatic heterocycles. The van der Waals surface area contributed by atoms with E-state index in [4.69, 9.17) is 0 Å². The minimum Gasteiger partial charge on any atom is -0.357 e. The van der Waals surface area contributed by atoms with E-state index in [1.165, 1.54) is 0 Å². The van der Waals surface area contributed by atoms with Crippen LogP contribution in [0.1, 0.15) is 13.8 Å². The highest BCUT2D eigenvalue weighted by Crippen LogP contribution is 1.94. The second-order valence-electron chi connectivity index (χ2n) is 1.98. The molecule has 0 fully saturated rings. The van der Waals surface area contributed by atoms with Crippen LogP contribution in [-0.2, 0) is 19.3 Å². The Morgan fingerprint density at radius 3 is 2.27 bits per heavy atom. The highest BCUT2D eigenvalue weighted by atomic mass is 32.8. The molecule has 0 aliphatic rings. The second-order valence-corrected chi connectivity index (χ2v) is 6.04. The van der Waals surface area contributed by atoms with Gasteiger partial charge in [0.05, 0.1) is 0 Å². The molecular formula is C6H14NOS3-. The van der Waals surface area contributed by atoms with E-state index in [9.17, 15) is 4.21 Å². The first kappa shape index (κ1) is 11.6. The lowest BCUT2D eigenvalue weighted by molar-refractivity contribution is 0.482. The van der Waals surface area contributed by atoms with Crippen molar-refractivity contribution in [3.8, 4) is 0 Å². The van der Waals surface area contributed by atoms with E-state index >= 15 is 0 Å². The van der Waals surface area contributed by atoms with Gasteiger partial charge in [-0.15, -0.1) is 6.26 Å². The van der Waals surface area contributed by atoms with E-state index < -0.39 is 0 Å². The molecule has 0 aromatic rings. The van der Waals surface area contributed by atoms with Crippen molar-refractivity contribution in [2.75, 3.05) is 19.3 Å². The molecule has 0 aromatic carbocycles. The molecule has 0 rings (SSSR count). The van der Waals surface area contributed by atoms with Gasteiger partial charge in [0.2, 0.25) is 0 Å². The summed E-state index contributed by atoms with van der Waals surface area (Å²) in [6.07, 6.45) is 1.90. The highest BCUT2D eigenvalue weighted by Gasteiger charge is 1.94. The number of nitrogens with zero attached hydrogens (tertiary/aromatic N) is 1. The summed E-state index contributed by atoms with van der Waals surface area (Å²) in [5, 5.41) is 0. The molecule has 0 saturated heterocycles. The standard InChI is InChI=1S/C6H14NOS3/c1-4-7(5-2)6(9)11(3)10-8/h9H,4-5H2,1-3H3/q-1. The first-order valence-electron chi connectivity index (χ1n) is 3.44. The molecule has 0 radical (unpaired) electrons. The van der Waals surface area contributed by atoms with Crippen molar-refractivity contribution in [3.05, 3.63) is 0 Å². The third kappa shape index (κ3) is 3.64. The molecule has 0 N–H and O–H groups in total. The van der Waals surface area contributed by atoms with Crippen molar-refractivity contribution in [2.24, 2.45) is 0 Å². The summed E-state index contributed by atoms with van der Waals surface area (Å²) in [5.74, 6) is 0. The van der Waals surface area contributed by atoms with Crippen molar-refractivity contribution in [1.29, 1.82) is 0 Å². The number of hydrogen-bond donors (Lipinski definition) is 1. The van der Waals surface area contributed by atoms with Crippen molar-refractivity contribution in [3.63, 3.8) is 0 Å². The summed E-state index contributed by atoms with van der Waals surface area (Å²) in [6, 6.07) is 0. The summed E-state index contributed by atoms with van der Waals surface area (Å²) in [7, 11) is 0.331. The second kappa shape index (κ2) is 6.11. The molecular weight excluding hydrogens is 198 g/mol. The van der Waals surface area contributed by atoms with Gasteiger partial charge in [0.1, 0.15) is 0 Å². The molecule has 0 aliphatic carbocycles. The average Bonchev–Trinajstić information content (AvgIpc) is 2.05. The Bertz CT molecular complexity index is 222. The largest absolute Gasteiger partial charge is 0.357 e. The minimum atomic E-state index is -0.284. The van der Waals surface area contributed by atoms with Gasteiger partial charge in [-0.3, -0.25) is 4.90 Å². The maximum Gasteiger partial charge on any atom is -0.00155 e. The molecule has 2 nitrogen and oxygen atoms in total. The minimum absolute atomic E-state index is 0.284. The maximum absolute atomic E-state index is 10.4. The lowest BCUT2D eigenvalue weighted by Crippen LogP contribution is -2.27. The summed E-state index contributed by atoms with van der Waals surface area (Å²) < 4.78 is 11.4. The topological polar surface area (TPSA) is 20.3 Å². The fraction of sp³-hybridized carbons (Fsp3) is 0.833. The summed E-state index contributed by atoms with van der Waals surface area (Å²) in [6.45, 7) is 5.97. The van der Waals surface area contributed by atoms with Crippen LogP contribution in [0, 0.1) is 0 Å². The van der Waals surface area contributed by atoms with Crippen molar-refractivity contribution >= 4 is 36.2 Å². The normalized spacial score (nSPS) is 14.8. The maximum atomic E-state index is 10.4. The number of hydrogen-bond acceptors (Lipinski definition) is 2. The van der Waals surface area contributed by atoms with E-state index in [0.717, 1.165) is 17.4 Å². The molecule has 0 saturated carbocycles. The van der Waals surface area contributed by atoms with Gasteiger partial charge in [-0.25, -0.2) is 4.21 Å². The predicted octanol–water partition coefficient (Wildman–Crippen LogP) is 0.722. The van der Waals surface area contributed by atoms with Gasteiger partial charge in [0.25, 0.3) is 0 Å². The lowest BCUT2D eigenvalue weighted by atomic mass is 10.6. The first-order valence-corrected chi connectivity index (χ1v) is 6.78. The predicted molar refractivity (Wildman–Crippen MR) is 58.3 cm³/mol. The van der Waals surface area contributed by atoms with E-state index in [1.807, 2.05) is 6.26 Å². The Kier molecular flexibility index (Phi) is 6.41. The molecule has 5 heteroatoms. The van der Waals surface area contributed by atoms with E-state index in [1.54, 1.807) is 0 Å². The van der Waals surface area contributed by atoms with Crippen LogP contribution in [0.3, 0.4) is 0 Å². The molecule has 0 heterocycles. The summed E-state index contributed by atoms with van der Waals surface area (Å²) in [4.78, 5) is 2.09. The molecule has 0 atom stereocenters. The fourth-order valence-corrected chi connectivity index (χ4v) is 2.44. The zero-order chi connectivity index (χ0) is 8.85. The van der Waals surface area contributed by atoms with Gasteiger partial charge in [-0.1, -0.05) is 28.4 Å². The van der Waals surface area contributed by atoms with Crippen molar-refractivity contribution < 1.29 is 4.21 Å². The van der Waals surface area contributed by atoms with E-state index in [-0.39, 0.29) is 9.04 Å². The third-order valence-corrected chi connectivity index (χ3v) is 4.93. The van der Waals surface area contributed by atoms with Crippen LogP contribution in [0.25, 0.3) is 0 Å². The molecule has 0 amide bonds. The lowest BCUT2D eigenvalue weighted by Gasteiger charge is -2.23. The molecule has 11 heavy (non-hydrogen) atoms. The first-order chi connectivity index (χ1) is 5.17.